The van der Waals surface area contributed by atoms with Gasteiger partial charge in [0.1, 0.15) is 0 Å². The van der Waals surface area contributed by atoms with E-state index in [1.165, 1.54) is 29.5 Å². The molecule has 2 aromatic carbocycles. The first-order valence-electron chi connectivity index (χ1n) is 7.15. The molecule has 0 heterocycles. The van der Waals surface area contributed by atoms with Gasteiger partial charge in [-0.15, -0.1) is 0 Å². The van der Waals surface area contributed by atoms with Crippen molar-refractivity contribution in [2.24, 2.45) is 0 Å². The Morgan fingerprint density at radius 1 is 0.895 bits per heavy atom. The van der Waals surface area contributed by atoms with Crippen LogP contribution in [-0.2, 0) is 13.0 Å². The van der Waals surface area contributed by atoms with Crippen molar-refractivity contribution in [2.75, 3.05) is 0 Å². The van der Waals surface area contributed by atoms with Gasteiger partial charge in [0.2, 0.25) is 0 Å². The minimum atomic E-state index is 0.385. The number of nitrogens with one attached hydrogen (secondary N) is 1. The second kappa shape index (κ2) is 7.10. The number of benzene rings is 2. The van der Waals surface area contributed by atoms with Crippen LogP contribution < -0.4 is 5.32 Å². The molecular formula is C18H23N. The Bertz CT molecular complexity index is 473. The van der Waals surface area contributed by atoms with E-state index < -0.39 is 0 Å². The van der Waals surface area contributed by atoms with Crippen molar-refractivity contribution in [3.8, 4) is 0 Å². The molecule has 0 aliphatic rings. The van der Waals surface area contributed by atoms with Gasteiger partial charge in [0.05, 0.1) is 0 Å². The molecule has 0 aliphatic heterocycles. The molecule has 1 nitrogen and oxygen atoms in total. The van der Waals surface area contributed by atoms with Gasteiger partial charge in [0, 0.05) is 12.6 Å². The molecule has 0 saturated carbocycles. The average Bonchev–Trinajstić information content (AvgIpc) is 2.47. The van der Waals surface area contributed by atoms with E-state index in [1.807, 2.05) is 0 Å². The largest absolute Gasteiger partial charge is 0.306 e. The van der Waals surface area contributed by atoms with Crippen molar-refractivity contribution in [3.05, 3.63) is 71.3 Å². The first kappa shape index (κ1) is 13.8. The molecule has 0 amide bonds. The van der Waals surface area contributed by atoms with Crippen LogP contribution in [0.2, 0.25) is 0 Å². The lowest BCUT2D eigenvalue weighted by Crippen LogP contribution is -2.17. The Morgan fingerprint density at radius 2 is 1.58 bits per heavy atom. The minimum Gasteiger partial charge on any atom is -0.306 e. The molecule has 2 aromatic rings. The fourth-order valence-electron chi connectivity index (χ4n) is 2.25. The van der Waals surface area contributed by atoms with Gasteiger partial charge < -0.3 is 5.32 Å². The highest BCUT2D eigenvalue weighted by atomic mass is 14.9. The van der Waals surface area contributed by atoms with Gasteiger partial charge >= 0.3 is 0 Å². The van der Waals surface area contributed by atoms with Crippen molar-refractivity contribution in [2.45, 2.75) is 39.3 Å². The van der Waals surface area contributed by atoms with Gasteiger partial charge in [-0.25, -0.2) is 0 Å². The third kappa shape index (κ3) is 4.22. The average molecular weight is 253 g/mol. The molecule has 0 spiro atoms. The van der Waals surface area contributed by atoms with Gasteiger partial charge in [-0.2, -0.15) is 0 Å². The zero-order valence-electron chi connectivity index (χ0n) is 11.9. The van der Waals surface area contributed by atoms with Crippen LogP contribution in [0, 0.1) is 0 Å². The van der Waals surface area contributed by atoms with Gasteiger partial charge in [-0.05, 0) is 30.0 Å². The third-order valence-electron chi connectivity index (χ3n) is 3.47. The number of hydrogen-bond donors (Lipinski definition) is 1. The van der Waals surface area contributed by atoms with Gasteiger partial charge in [0.25, 0.3) is 0 Å². The van der Waals surface area contributed by atoms with Crippen LogP contribution in [0.4, 0.5) is 0 Å². The Morgan fingerprint density at radius 3 is 2.21 bits per heavy atom. The summed E-state index contributed by atoms with van der Waals surface area (Å²) in [6.07, 6.45) is 2.38. The molecule has 0 bridgehead atoms. The fraction of sp³-hybridized carbons (Fsp3) is 0.333. The summed E-state index contributed by atoms with van der Waals surface area (Å²) >= 11 is 0. The molecule has 0 radical (unpaired) electrons. The smallest absolute Gasteiger partial charge is 0.0294 e. The molecule has 1 N–H and O–H groups in total. The Balaban J connectivity index is 1.90. The molecule has 0 fully saturated rings. The maximum absolute atomic E-state index is 3.57. The monoisotopic (exact) mass is 253 g/mol. The molecule has 0 saturated heterocycles. The highest BCUT2D eigenvalue weighted by Gasteiger charge is 2.04. The van der Waals surface area contributed by atoms with E-state index in [0.717, 1.165) is 6.54 Å². The molecule has 1 heteroatoms. The molecule has 100 valence electrons. The normalized spacial score (nSPS) is 12.3. The van der Waals surface area contributed by atoms with Crippen molar-refractivity contribution in [1.29, 1.82) is 0 Å². The summed E-state index contributed by atoms with van der Waals surface area (Å²) in [6, 6.07) is 19.9. The minimum absolute atomic E-state index is 0.385. The zero-order chi connectivity index (χ0) is 13.5. The lowest BCUT2D eigenvalue weighted by atomic mass is 10.0. The summed E-state index contributed by atoms with van der Waals surface area (Å²) in [5, 5.41) is 3.57. The number of rotatable bonds is 6. The van der Waals surface area contributed by atoms with Crippen LogP contribution in [0.25, 0.3) is 0 Å². The molecule has 1 unspecified atom stereocenters. The van der Waals surface area contributed by atoms with Crippen LogP contribution >= 0.6 is 0 Å². The molecule has 1 atom stereocenters. The van der Waals surface area contributed by atoms with E-state index in [0.29, 0.717) is 6.04 Å². The summed E-state index contributed by atoms with van der Waals surface area (Å²) in [5.41, 5.74) is 4.12. The van der Waals surface area contributed by atoms with Crippen LogP contribution in [0.15, 0.2) is 54.6 Å². The maximum Gasteiger partial charge on any atom is 0.0294 e. The summed E-state index contributed by atoms with van der Waals surface area (Å²) < 4.78 is 0. The van der Waals surface area contributed by atoms with Gasteiger partial charge in [-0.1, -0.05) is 67.9 Å². The lowest BCUT2D eigenvalue weighted by Gasteiger charge is -2.15. The highest BCUT2D eigenvalue weighted by molar-refractivity contribution is 5.25. The standard InChI is InChI=1S/C18H23N/c1-3-7-16-10-12-18(13-11-16)15(2)19-14-17-8-5-4-6-9-17/h4-6,8-13,15,19H,3,7,14H2,1-2H3. The first-order chi connectivity index (χ1) is 9.29. The summed E-state index contributed by atoms with van der Waals surface area (Å²) in [4.78, 5) is 0. The second-order valence-corrected chi connectivity index (χ2v) is 5.08. The topological polar surface area (TPSA) is 12.0 Å². The van der Waals surface area contributed by atoms with Crippen molar-refractivity contribution < 1.29 is 0 Å². The number of aryl methyl sites for hydroxylation is 1. The van der Waals surface area contributed by atoms with E-state index in [-0.39, 0.29) is 0 Å². The molecule has 19 heavy (non-hydrogen) atoms. The highest BCUT2D eigenvalue weighted by Crippen LogP contribution is 2.15. The summed E-state index contributed by atoms with van der Waals surface area (Å²) in [5.74, 6) is 0. The quantitative estimate of drug-likeness (QED) is 0.799. The maximum atomic E-state index is 3.57. The Labute approximate surface area is 116 Å². The fourth-order valence-corrected chi connectivity index (χ4v) is 2.25. The van der Waals surface area contributed by atoms with Crippen LogP contribution in [0.1, 0.15) is 43.0 Å². The predicted octanol–water partition coefficient (Wildman–Crippen LogP) is 4.49. The molecule has 0 aromatic heterocycles. The van der Waals surface area contributed by atoms with Gasteiger partial charge in [-0.3, -0.25) is 0 Å². The van der Waals surface area contributed by atoms with E-state index in [4.69, 9.17) is 0 Å². The van der Waals surface area contributed by atoms with Crippen molar-refractivity contribution in [3.63, 3.8) is 0 Å². The van der Waals surface area contributed by atoms with Crippen molar-refractivity contribution >= 4 is 0 Å². The third-order valence-corrected chi connectivity index (χ3v) is 3.47. The van der Waals surface area contributed by atoms with E-state index in [2.05, 4.69) is 73.8 Å². The Kier molecular flexibility index (Phi) is 5.17. The predicted molar refractivity (Wildman–Crippen MR) is 82.1 cm³/mol. The Hall–Kier alpha value is -1.60. The molecular weight excluding hydrogens is 230 g/mol. The van der Waals surface area contributed by atoms with Crippen LogP contribution in [0.5, 0.6) is 0 Å². The van der Waals surface area contributed by atoms with Gasteiger partial charge in [0.15, 0.2) is 0 Å². The molecule has 0 aliphatic carbocycles. The van der Waals surface area contributed by atoms with E-state index >= 15 is 0 Å². The second-order valence-electron chi connectivity index (χ2n) is 5.08. The SMILES string of the molecule is CCCc1ccc(C(C)NCc2ccccc2)cc1. The lowest BCUT2D eigenvalue weighted by molar-refractivity contribution is 0.574. The summed E-state index contributed by atoms with van der Waals surface area (Å²) in [7, 11) is 0. The van der Waals surface area contributed by atoms with Crippen LogP contribution in [0.3, 0.4) is 0 Å². The molecule has 2 rings (SSSR count). The van der Waals surface area contributed by atoms with Crippen LogP contribution in [-0.4, -0.2) is 0 Å². The first-order valence-corrected chi connectivity index (χ1v) is 7.15. The van der Waals surface area contributed by atoms with E-state index in [9.17, 15) is 0 Å². The number of hydrogen-bond acceptors (Lipinski definition) is 1. The zero-order valence-corrected chi connectivity index (χ0v) is 11.9. The van der Waals surface area contributed by atoms with Crippen molar-refractivity contribution in [1.82, 2.24) is 5.32 Å². The summed E-state index contributed by atoms with van der Waals surface area (Å²) in [6.45, 7) is 5.36. The van der Waals surface area contributed by atoms with E-state index in [1.54, 1.807) is 0 Å².